The molecule has 1 fully saturated rings. The van der Waals surface area contributed by atoms with Crippen LogP contribution in [0.3, 0.4) is 0 Å². The Morgan fingerprint density at radius 2 is 1.96 bits per heavy atom. The Morgan fingerprint density at radius 3 is 2.63 bits per heavy atom. The van der Waals surface area contributed by atoms with Gasteiger partial charge in [-0.1, -0.05) is 5.21 Å². The van der Waals surface area contributed by atoms with Crippen molar-refractivity contribution in [3.05, 3.63) is 47.8 Å². The van der Waals surface area contributed by atoms with E-state index < -0.39 is 5.92 Å². The molecule has 27 heavy (non-hydrogen) atoms. The third-order valence-corrected chi connectivity index (χ3v) is 4.58. The third-order valence-electron chi connectivity index (χ3n) is 4.58. The van der Waals surface area contributed by atoms with E-state index in [0.29, 0.717) is 28.0 Å². The van der Waals surface area contributed by atoms with Crippen molar-refractivity contribution < 1.29 is 13.6 Å². The Balaban J connectivity index is 1.60. The minimum Gasteiger partial charge on any atom is -0.338 e. The number of likely N-dealkylation sites (tertiary alicyclic amines) is 1. The predicted octanol–water partition coefficient (Wildman–Crippen LogP) is 2.56. The summed E-state index contributed by atoms with van der Waals surface area (Å²) in [5.41, 5.74) is 2.49. The molecule has 3 aromatic rings. The Labute approximate surface area is 152 Å². The lowest BCUT2D eigenvalue weighted by Gasteiger charge is -2.31. The van der Waals surface area contributed by atoms with E-state index in [9.17, 15) is 13.6 Å². The lowest BCUT2D eigenvalue weighted by molar-refractivity contribution is -0.0494. The number of fused-ring (bicyclic) bond motifs is 1. The first kappa shape index (κ1) is 17.0. The molecule has 4 rings (SSSR count). The molecule has 2 aromatic heterocycles. The molecule has 1 saturated heterocycles. The quantitative estimate of drug-likeness (QED) is 0.694. The van der Waals surface area contributed by atoms with Gasteiger partial charge in [-0.3, -0.25) is 4.79 Å². The molecule has 1 amide bonds. The van der Waals surface area contributed by atoms with Gasteiger partial charge in [0, 0.05) is 31.5 Å². The van der Waals surface area contributed by atoms with E-state index in [0.717, 1.165) is 0 Å². The molecule has 0 spiro atoms. The second-order valence-corrected chi connectivity index (χ2v) is 6.37. The van der Waals surface area contributed by atoms with Crippen molar-refractivity contribution in [2.24, 2.45) is 0 Å². The van der Waals surface area contributed by atoms with Crippen molar-refractivity contribution in [2.75, 3.05) is 13.1 Å². The van der Waals surface area contributed by atoms with Crippen LogP contribution in [0.1, 0.15) is 28.9 Å². The highest BCUT2D eigenvalue weighted by molar-refractivity contribution is 5.97. The fourth-order valence-electron chi connectivity index (χ4n) is 3.04. The molecule has 3 heterocycles. The normalized spacial score (nSPS) is 16.3. The van der Waals surface area contributed by atoms with E-state index in [1.54, 1.807) is 35.0 Å². The van der Waals surface area contributed by atoms with Crippen LogP contribution in [0.15, 0.2) is 36.5 Å². The minimum atomic E-state index is -2.70. The zero-order chi connectivity index (χ0) is 19.0. The molecule has 136 valence electrons. The molecular formula is C18H14F2N6O. The molecular weight excluding hydrogens is 354 g/mol. The van der Waals surface area contributed by atoms with Crippen LogP contribution in [0, 0.1) is 11.3 Å². The van der Waals surface area contributed by atoms with Crippen LogP contribution < -0.4 is 0 Å². The summed E-state index contributed by atoms with van der Waals surface area (Å²) in [6.45, 7) is 0.0704. The number of aromatic nitrogens is 4. The monoisotopic (exact) mass is 368 g/mol. The lowest BCUT2D eigenvalue weighted by Crippen LogP contribution is -2.42. The Bertz CT molecular complexity index is 1040. The van der Waals surface area contributed by atoms with E-state index in [1.807, 2.05) is 6.07 Å². The lowest BCUT2D eigenvalue weighted by atomic mass is 10.1. The van der Waals surface area contributed by atoms with Crippen LogP contribution in [0.2, 0.25) is 0 Å². The molecule has 0 unspecified atom stereocenters. The summed E-state index contributed by atoms with van der Waals surface area (Å²) in [4.78, 5) is 18.0. The van der Waals surface area contributed by atoms with Crippen molar-refractivity contribution >= 4 is 16.9 Å². The highest BCUT2D eigenvalue weighted by atomic mass is 19.3. The molecule has 1 aromatic carbocycles. The summed E-state index contributed by atoms with van der Waals surface area (Å²) in [6.07, 6.45) is 0.880. The molecule has 0 aliphatic carbocycles. The van der Waals surface area contributed by atoms with E-state index in [4.69, 9.17) is 5.26 Å². The summed E-state index contributed by atoms with van der Waals surface area (Å²) in [6, 6.07) is 10.2. The van der Waals surface area contributed by atoms with Crippen LogP contribution in [0.25, 0.3) is 16.7 Å². The van der Waals surface area contributed by atoms with Crippen molar-refractivity contribution in [3.63, 3.8) is 0 Å². The maximum absolute atomic E-state index is 13.3. The average molecular weight is 368 g/mol. The zero-order valence-corrected chi connectivity index (χ0v) is 14.1. The number of alkyl halides is 2. The van der Waals surface area contributed by atoms with E-state index in [1.165, 1.54) is 11.1 Å². The number of pyridine rings is 1. The van der Waals surface area contributed by atoms with Gasteiger partial charge in [0.05, 0.1) is 17.4 Å². The fraction of sp³-hybridized carbons (Fsp3) is 0.278. The zero-order valence-electron chi connectivity index (χ0n) is 14.1. The molecule has 1 aliphatic rings. The van der Waals surface area contributed by atoms with E-state index in [-0.39, 0.29) is 31.8 Å². The first-order chi connectivity index (χ1) is 13.0. The van der Waals surface area contributed by atoms with Crippen molar-refractivity contribution in [1.29, 1.82) is 5.26 Å². The minimum absolute atomic E-state index is 0.0352. The van der Waals surface area contributed by atoms with Gasteiger partial charge >= 0.3 is 0 Å². The van der Waals surface area contributed by atoms with Gasteiger partial charge in [0.1, 0.15) is 17.3 Å². The van der Waals surface area contributed by atoms with Gasteiger partial charge in [-0.2, -0.15) is 5.26 Å². The van der Waals surface area contributed by atoms with Crippen LogP contribution in [0.4, 0.5) is 8.78 Å². The molecule has 7 nitrogen and oxygen atoms in total. The summed E-state index contributed by atoms with van der Waals surface area (Å²) < 4.78 is 28.1. The number of carbonyl (C=O) groups is 1. The molecule has 0 bridgehead atoms. The van der Waals surface area contributed by atoms with Crippen LogP contribution in [0.5, 0.6) is 0 Å². The van der Waals surface area contributed by atoms with Crippen LogP contribution in [-0.4, -0.2) is 49.8 Å². The first-order valence-corrected chi connectivity index (χ1v) is 8.36. The van der Waals surface area contributed by atoms with Crippen LogP contribution >= 0.6 is 0 Å². The maximum Gasteiger partial charge on any atom is 0.253 e. The van der Waals surface area contributed by atoms with Gasteiger partial charge in [0.2, 0.25) is 0 Å². The van der Waals surface area contributed by atoms with Crippen molar-refractivity contribution in [3.8, 4) is 11.8 Å². The van der Waals surface area contributed by atoms with Gasteiger partial charge in [0.15, 0.2) is 0 Å². The number of nitriles is 1. The highest BCUT2D eigenvalue weighted by Gasteiger charge is 2.35. The standard InChI is InChI=1S/C18H14F2N6O/c19-18(20)5-7-25(8-6-18)17(27)12-1-4-16-15(9-12)23-24-26(16)14-3-2-13(10-21)22-11-14/h1-4,9,11H,5-8H2. The van der Waals surface area contributed by atoms with Gasteiger partial charge in [-0.15, -0.1) is 5.10 Å². The highest BCUT2D eigenvalue weighted by Crippen LogP contribution is 2.28. The average Bonchev–Trinajstić information content (AvgIpc) is 3.10. The number of hydrogen-bond donors (Lipinski definition) is 0. The largest absolute Gasteiger partial charge is 0.338 e. The van der Waals surface area contributed by atoms with Gasteiger partial charge < -0.3 is 4.90 Å². The fourth-order valence-corrected chi connectivity index (χ4v) is 3.04. The summed E-state index contributed by atoms with van der Waals surface area (Å²) in [5, 5.41) is 17.0. The number of carbonyl (C=O) groups excluding carboxylic acids is 1. The number of rotatable bonds is 2. The van der Waals surface area contributed by atoms with Crippen molar-refractivity contribution in [2.45, 2.75) is 18.8 Å². The number of piperidine rings is 1. The second-order valence-electron chi connectivity index (χ2n) is 6.37. The SMILES string of the molecule is N#Cc1ccc(-n2nnc3cc(C(=O)N4CCC(F)(F)CC4)ccc32)cn1. The summed E-state index contributed by atoms with van der Waals surface area (Å²) in [5.74, 6) is -2.99. The number of benzene rings is 1. The smallest absolute Gasteiger partial charge is 0.253 e. The summed E-state index contributed by atoms with van der Waals surface area (Å²) >= 11 is 0. The Morgan fingerprint density at radius 1 is 1.19 bits per heavy atom. The molecule has 9 heteroatoms. The van der Waals surface area contributed by atoms with Gasteiger partial charge in [0.25, 0.3) is 11.8 Å². The molecule has 0 saturated carbocycles. The molecule has 1 aliphatic heterocycles. The van der Waals surface area contributed by atoms with E-state index in [2.05, 4.69) is 15.3 Å². The maximum atomic E-state index is 13.3. The predicted molar refractivity (Wildman–Crippen MR) is 91.5 cm³/mol. The first-order valence-electron chi connectivity index (χ1n) is 8.36. The van der Waals surface area contributed by atoms with Crippen molar-refractivity contribution in [1.82, 2.24) is 24.9 Å². The Kier molecular flexibility index (Phi) is 4.03. The number of halogens is 2. The third kappa shape index (κ3) is 3.21. The number of amides is 1. The number of nitrogens with zero attached hydrogens (tertiary/aromatic N) is 6. The topological polar surface area (TPSA) is 87.7 Å². The molecule has 0 radical (unpaired) electrons. The summed E-state index contributed by atoms with van der Waals surface area (Å²) in [7, 11) is 0. The molecule has 0 N–H and O–H groups in total. The second kappa shape index (κ2) is 6.39. The van der Waals surface area contributed by atoms with Gasteiger partial charge in [-0.05, 0) is 30.3 Å². The Hall–Kier alpha value is -3.41. The van der Waals surface area contributed by atoms with Crippen LogP contribution in [-0.2, 0) is 0 Å². The number of hydrogen-bond acceptors (Lipinski definition) is 5. The van der Waals surface area contributed by atoms with E-state index >= 15 is 0 Å². The van der Waals surface area contributed by atoms with Gasteiger partial charge in [-0.25, -0.2) is 18.4 Å². The molecule has 0 atom stereocenters.